The van der Waals surface area contributed by atoms with Gasteiger partial charge in [-0.2, -0.15) is 13.2 Å². The summed E-state index contributed by atoms with van der Waals surface area (Å²) in [4.78, 5) is 1.63. The molecule has 4 N–H and O–H groups in total. The molecule has 0 bridgehead atoms. The second-order valence-corrected chi connectivity index (χ2v) is 6.01. The van der Waals surface area contributed by atoms with E-state index in [-0.39, 0.29) is 17.2 Å². The van der Waals surface area contributed by atoms with Gasteiger partial charge in [0.25, 0.3) is 0 Å². The fraction of sp³-hybridized carbons (Fsp3) is 0.111. The van der Waals surface area contributed by atoms with Crippen LogP contribution in [0.4, 0.5) is 23.2 Å². The number of alkyl halides is 3. The number of hydrogen-bond donors (Lipinski definition) is 2. The van der Waals surface area contributed by atoms with Crippen molar-refractivity contribution in [2.45, 2.75) is 6.18 Å². The summed E-state index contributed by atoms with van der Waals surface area (Å²) in [6, 6.07) is 8.68. The molecule has 27 heavy (non-hydrogen) atoms. The lowest BCUT2D eigenvalue weighted by Gasteiger charge is -2.20. The van der Waals surface area contributed by atoms with Crippen molar-refractivity contribution in [3.05, 3.63) is 75.9 Å². The van der Waals surface area contributed by atoms with E-state index < -0.39 is 11.7 Å². The molecule has 0 aliphatic carbocycles. The standard InChI is InChI=1S/C18H13F4N3O.H2O/c1-24-9-10-8-12(19)4-7-14(10)15-16(24)17(26)25(23-15)13-5-2-11(3-6-13)18(20,21)22;/h2-9,23,26H,1H3;1H2. The summed E-state index contributed by atoms with van der Waals surface area (Å²) in [6.45, 7) is 0. The third-order valence-corrected chi connectivity index (χ3v) is 4.31. The van der Waals surface area contributed by atoms with Gasteiger partial charge in [-0.1, -0.05) is 0 Å². The maximum absolute atomic E-state index is 13.5. The molecule has 0 spiro atoms. The number of likely N-dealkylation sites (N-methyl/N-ethyl adjacent to an activating group) is 1. The van der Waals surface area contributed by atoms with Crippen LogP contribution in [0.3, 0.4) is 0 Å². The molecule has 0 amide bonds. The van der Waals surface area contributed by atoms with Gasteiger partial charge in [0, 0.05) is 23.7 Å². The molecule has 9 heteroatoms. The monoisotopic (exact) mass is 381 g/mol. The van der Waals surface area contributed by atoms with Crippen LogP contribution in [0.5, 0.6) is 0 Å². The van der Waals surface area contributed by atoms with Gasteiger partial charge >= 0.3 is 6.18 Å². The molecule has 0 aromatic heterocycles. The molecule has 2 aromatic rings. The summed E-state index contributed by atoms with van der Waals surface area (Å²) in [6.07, 6.45) is -2.76. The van der Waals surface area contributed by atoms with Crippen LogP contribution in [0, 0.1) is 5.82 Å². The summed E-state index contributed by atoms with van der Waals surface area (Å²) in [7, 11) is 1.69. The average Bonchev–Trinajstić information content (AvgIpc) is 2.92. The fourth-order valence-corrected chi connectivity index (χ4v) is 3.08. The number of benzene rings is 2. The van der Waals surface area contributed by atoms with Crippen molar-refractivity contribution in [2.24, 2.45) is 0 Å². The molecule has 0 radical (unpaired) electrons. The van der Waals surface area contributed by atoms with Gasteiger partial charge in [0.1, 0.15) is 11.5 Å². The minimum atomic E-state index is -4.43. The second-order valence-electron chi connectivity index (χ2n) is 6.01. The summed E-state index contributed by atoms with van der Waals surface area (Å²) in [5.41, 5.74) is 3.54. The first-order valence-corrected chi connectivity index (χ1v) is 7.68. The number of anilines is 1. The first-order valence-electron chi connectivity index (χ1n) is 7.68. The lowest BCUT2D eigenvalue weighted by Crippen LogP contribution is -2.40. The molecule has 0 atom stereocenters. The highest BCUT2D eigenvalue weighted by Crippen LogP contribution is 2.33. The number of hydrogen-bond acceptors (Lipinski definition) is 4. The summed E-state index contributed by atoms with van der Waals surface area (Å²) in [5.74, 6) is -0.545. The van der Waals surface area contributed by atoms with Gasteiger partial charge in [-0.15, -0.1) is 0 Å². The Morgan fingerprint density at radius 3 is 2.33 bits per heavy atom. The number of hydrazine groups is 1. The normalized spacial score (nSPS) is 15.7. The number of aliphatic hydroxyl groups excluding tert-OH is 1. The van der Waals surface area contributed by atoms with E-state index in [2.05, 4.69) is 5.43 Å². The Hall–Kier alpha value is -3.20. The highest BCUT2D eigenvalue weighted by molar-refractivity contribution is 5.75. The van der Waals surface area contributed by atoms with E-state index in [0.717, 1.165) is 12.1 Å². The third kappa shape index (κ3) is 2.95. The Morgan fingerprint density at radius 2 is 1.70 bits per heavy atom. The van der Waals surface area contributed by atoms with Gasteiger partial charge in [0.05, 0.1) is 16.9 Å². The molecule has 142 valence electrons. The third-order valence-electron chi connectivity index (χ3n) is 4.31. The number of fused-ring (bicyclic) bond motifs is 2. The van der Waals surface area contributed by atoms with Crippen LogP contribution in [-0.4, -0.2) is 22.5 Å². The first kappa shape index (κ1) is 18.6. The maximum Gasteiger partial charge on any atom is 0.416 e. The van der Waals surface area contributed by atoms with Crippen molar-refractivity contribution >= 4 is 17.6 Å². The van der Waals surface area contributed by atoms with Crippen molar-refractivity contribution in [3.8, 4) is 0 Å². The molecule has 2 aliphatic heterocycles. The average molecular weight is 381 g/mol. The number of aliphatic hydroxyl groups is 1. The Balaban J connectivity index is 0.00000210. The minimum Gasteiger partial charge on any atom is -0.492 e. The zero-order chi connectivity index (χ0) is 18.6. The smallest absolute Gasteiger partial charge is 0.416 e. The van der Waals surface area contributed by atoms with E-state index in [0.29, 0.717) is 27.5 Å². The summed E-state index contributed by atoms with van der Waals surface area (Å²) >= 11 is 0. The topological polar surface area (TPSA) is 70.2 Å². The Bertz CT molecular complexity index is 1050. The molecule has 0 saturated carbocycles. The highest BCUT2D eigenvalue weighted by Gasteiger charge is 2.33. The first-order chi connectivity index (χ1) is 12.3. The van der Waals surface area contributed by atoms with Gasteiger partial charge in [-0.3, -0.25) is 5.43 Å². The molecule has 0 fully saturated rings. The van der Waals surface area contributed by atoms with Crippen LogP contribution in [0.2, 0.25) is 0 Å². The van der Waals surface area contributed by atoms with E-state index in [1.54, 1.807) is 24.2 Å². The zero-order valence-electron chi connectivity index (χ0n) is 14.0. The second kappa shape index (κ2) is 6.20. The van der Waals surface area contributed by atoms with Crippen LogP contribution in [0.25, 0.3) is 11.9 Å². The fourth-order valence-electron chi connectivity index (χ4n) is 3.08. The van der Waals surface area contributed by atoms with Gasteiger partial charge in [-0.05, 0) is 42.5 Å². The van der Waals surface area contributed by atoms with Gasteiger partial charge < -0.3 is 15.5 Å². The SMILES string of the molecule is CN1C=c2cc(F)ccc2=C2NN(c3ccc(C(F)(F)F)cc3)C(O)=C21.O. The van der Waals surface area contributed by atoms with Crippen molar-refractivity contribution < 1.29 is 28.1 Å². The van der Waals surface area contributed by atoms with Gasteiger partial charge in [0.15, 0.2) is 0 Å². The number of nitrogens with zero attached hydrogens (tertiary/aromatic N) is 2. The van der Waals surface area contributed by atoms with Gasteiger partial charge in [-0.25, -0.2) is 9.40 Å². The molecule has 5 nitrogen and oxygen atoms in total. The summed E-state index contributed by atoms with van der Waals surface area (Å²) < 4.78 is 51.7. The quantitative estimate of drug-likeness (QED) is 0.736. The van der Waals surface area contributed by atoms with Crippen LogP contribution < -0.4 is 20.9 Å². The molecule has 0 saturated heterocycles. The van der Waals surface area contributed by atoms with E-state index in [1.807, 2.05) is 0 Å². The largest absolute Gasteiger partial charge is 0.492 e. The summed E-state index contributed by atoms with van der Waals surface area (Å²) in [5, 5.41) is 13.2. The molecule has 2 heterocycles. The van der Waals surface area contributed by atoms with E-state index in [4.69, 9.17) is 0 Å². The maximum atomic E-state index is 13.5. The molecule has 0 unspecified atom stereocenters. The molecular formula is C18H15F4N3O2. The number of halogens is 4. The highest BCUT2D eigenvalue weighted by atomic mass is 19.4. The van der Waals surface area contributed by atoms with Crippen molar-refractivity contribution in [3.63, 3.8) is 0 Å². The molecular weight excluding hydrogens is 366 g/mol. The number of rotatable bonds is 1. The van der Waals surface area contributed by atoms with Crippen molar-refractivity contribution in [1.29, 1.82) is 0 Å². The Morgan fingerprint density at radius 1 is 1.04 bits per heavy atom. The van der Waals surface area contributed by atoms with E-state index in [9.17, 15) is 22.7 Å². The lowest BCUT2D eigenvalue weighted by atomic mass is 10.1. The Kier molecular flexibility index (Phi) is 4.27. The van der Waals surface area contributed by atoms with Crippen molar-refractivity contribution in [2.75, 3.05) is 12.1 Å². The zero-order valence-corrected chi connectivity index (χ0v) is 14.0. The van der Waals surface area contributed by atoms with E-state index in [1.165, 1.54) is 29.3 Å². The van der Waals surface area contributed by atoms with Crippen LogP contribution in [-0.2, 0) is 6.18 Å². The van der Waals surface area contributed by atoms with Crippen LogP contribution in [0.1, 0.15) is 5.56 Å². The Labute approximate surface area is 151 Å². The predicted molar refractivity (Wildman–Crippen MR) is 91.6 cm³/mol. The van der Waals surface area contributed by atoms with Crippen molar-refractivity contribution in [1.82, 2.24) is 10.3 Å². The minimum absolute atomic E-state index is 0. The molecule has 2 aliphatic rings. The van der Waals surface area contributed by atoms with Crippen LogP contribution >= 0.6 is 0 Å². The predicted octanol–water partition coefficient (Wildman–Crippen LogP) is 1.56. The van der Waals surface area contributed by atoms with Crippen LogP contribution in [0.15, 0.2) is 54.0 Å². The lowest BCUT2D eigenvalue weighted by molar-refractivity contribution is -0.137. The number of nitrogens with one attached hydrogen (secondary N) is 1. The molecule has 2 aromatic carbocycles. The van der Waals surface area contributed by atoms with Gasteiger partial charge in [0.2, 0.25) is 5.88 Å². The molecule has 4 rings (SSSR count). The van der Waals surface area contributed by atoms with E-state index >= 15 is 0 Å².